The second kappa shape index (κ2) is 4.85. The summed E-state index contributed by atoms with van der Waals surface area (Å²) in [4.78, 5) is 14.4. The standard InChI is InChI=1S/C8H6N2.C3H4N2/c1-2-4-8-7(3-1)5-9-6-10-8;1-2-5-3-4-1/h1-6H;1-3H,(H,4,5). The van der Waals surface area contributed by atoms with E-state index in [1.165, 1.54) is 0 Å². The van der Waals surface area contributed by atoms with Crippen molar-refractivity contribution in [3.63, 3.8) is 0 Å². The molecule has 0 saturated carbocycles. The Hall–Kier alpha value is -2.23. The SMILES string of the molecule is c1c[nH]cn1.c1ccc2ncncc2c1. The van der Waals surface area contributed by atoms with Crippen molar-refractivity contribution in [2.24, 2.45) is 0 Å². The Morgan fingerprint density at radius 2 is 2.00 bits per heavy atom. The number of rotatable bonds is 0. The molecule has 0 spiro atoms. The number of benzene rings is 1. The quantitative estimate of drug-likeness (QED) is 0.601. The minimum absolute atomic E-state index is 0.998. The topological polar surface area (TPSA) is 54.5 Å². The van der Waals surface area contributed by atoms with Crippen LogP contribution in [-0.4, -0.2) is 19.9 Å². The Labute approximate surface area is 87.0 Å². The molecular weight excluding hydrogens is 188 g/mol. The van der Waals surface area contributed by atoms with Gasteiger partial charge in [-0.05, 0) is 6.07 Å². The highest BCUT2D eigenvalue weighted by molar-refractivity contribution is 5.76. The van der Waals surface area contributed by atoms with E-state index in [-0.39, 0.29) is 0 Å². The molecule has 74 valence electrons. The van der Waals surface area contributed by atoms with Gasteiger partial charge in [-0.2, -0.15) is 0 Å². The predicted molar refractivity (Wildman–Crippen MR) is 58.1 cm³/mol. The van der Waals surface area contributed by atoms with E-state index in [9.17, 15) is 0 Å². The van der Waals surface area contributed by atoms with Gasteiger partial charge in [0.1, 0.15) is 6.33 Å². The van der Waals surface area contributed by atoms with Crippen LogP contribution < -0.4 is 0 Å². The van der Waals surface area contributed by atoms with Crippen LogP contribution in [0.3, 0.4) is 0 Å². The number of aromatic amines is 1. The second-order valence-electron chi connectivity index (χ2n) is 2.84. The van der Waals surface area contributed by atoms with E-state index in [0.29, 0.717) is 0 Å². The molecule has 2 heterocycles. The molecule has 0 saturated heterocycles. The van der Waals surface area contributed by atoms with Gasteiger partial charge in [-0.25, -0.2) is 15.0 Å². The average Bonchev–Trinajstić information content (AvgIpc) is 2.88. The van der Waals surface area contributed by atoms with Crippen LogP contribution in [0.15, 0.2) is 55.5 Å². The molecule has 0 unspecified atom stereocenters. The number of hydrogen-bond donors (Lipinski definition) is 1. The van der Waals surface area contributed by atoms with Gasteiger partial charge in [0.2, 0.25) is 0 Å². The number of fused-ring (bicyclic) bond motifs is 1. The number of hydrogen-bond acceptors (Lipinski definition) is 3. The van der Waals surface area contributed by atoms with Crippen molar-refractivity contribution < 1.29 is 0 Å². The summed E-state index contributed by atoms with van der Waals surface area (Å²) < 4.78 is 0. The maximum absolute atomic E-state index is 4.07. The lowest BCUT2D eigenvalue weighted by Gasteiger charge is -1.90. The zero-order chi connectivity index (χ0) is 10.3. The Morgan fingerprint density at radius 1 is 1.07 bits per heavy atom. The molecule has 0 radical (unpaired) electrons. The van der Waals surface area contributed by atoms with Crippen molar-refractivity contribution in [1.82, 2.24) is 19.9 Å². The Kier molecular flexibility index (Phi) is 3.02. The van der Waals surface area contributed by atoms with Crippen molar-refractivity contribution in [2.75, 3.05) is 0 Å². The minimum Gasteiger partial charge on any atom is -0.351 e. The lowest BCUT2D eigenvalue weighted by atomic mass is 10.2. The fourth-order valence-corrected chi connectivity index (χ4v) is 1.14. The summed E-state index contributed by atoms with van der Waals surface area (Å²) in [6.07, 6.45) is 8.45. The van der Waals surface area contributed by atoms with E-state index in [0.717, 1.165) is 10.9 Å². The lowest BCUT2D eigenvalue weighted by Crippen LogP contribution is -1.77. The summed E-state index contributed by atoms with van der Waals surface area (Å²) in [5.41, 5.74) is 0.998. The van der Waals surface area contributed by atoms with Gasteiger partial charge in [-0.3, -0.25) is 0 Å². The van der Waals surface area contributed by atoms with Gasteiger partial charge in [0, 0.05) is 24.0 Å². The van der Waals surface area contributed by atoms with Gasteiger partial charge in [0.15, 0.2) is 0 Å². The van der Waals surface area contributed by atoms with Gasteiger partial charge in [-0.1, -0.05) is 18.2 Å². The van der Waals surface area contributed by atoms with Crippen molar-refractivity contribution in [3.8, 4) is 0 Å². The van der Waals surface area contributed by atoms with Crippen LogP contribution in [0.4, 0.5) is 0 Å². The van der Waals surface area contributed by atoms with Crippen LogP contribution in [0.25, 0.3) is 10.9 Å². The lowest BCUT2D eigenvalue weighted by molar-refractivity contribution is 1.22. The average molecular weight is 198 g/mol. The second-order valence-corrected chi connectivity index (χ2v) is 2.84. The monoisotopic (exact) mass is 198 g/mol. The third kappa shape index (κ3) is 2.60. The molecule has 0 aliphatic carbocycles. The van der Waals surface area contributed by atoms with Gasteiger partial charge >= 0.3 is 0 Å². The van der Waals surface area contributed by atoms with Crippen LogP contribution in [0.1, 0.15) is 0 Å². The molecule has 15 heavy (non-hydrogen) atoms. The number of nitrogens with zero attached hydrogens (tertiary/aromatic N) is 3. The first-order valence-electron chi connectivity index (χ1n) is 4.54. The third-order valence-corrected chi connectivity index (χ3v) is 1.82. The zero-order valence-electron chi connectivity index (χ0n) is 8.04. The van der Waals surface area contributed by atoms with Crippen LogP contribution in [0.5, 0.6) is 0 Å². The maximum atomic E-state index is 4.07. The molecule has 3 rings (SSSR count). The molecular formula is C11H10N4. The Bertz CT molecular complexity index is 422. The van der Waals surface area contributed by atoms with Crippen molar-refractivity contribution in [3.05, 3.63) is 55.5 Å². The highest BCUT2D eigenvalue weighted by Gasteiger charge is 1.87. The number of imidazole rings is 1. The van der Waals surface area contributed by atoms with Gasteiger partial charge in [-0.15, -0.1) is 0 Å². The number of nitrogens with one attached hydrogen (secondary N) is 1. The molecule has 1 N–H and O–H groups in total. The van der Waals surface area contributed by atoms with E-state index < -0.39 is 0 Å². The first-order chi connectivity index (χ1) is 7.47. The highest BCUT2D eigenvalue weighted by atomic mass is 14.8. The van der Waals surface area contributed by atoms with Crippen LogP contribution in [-0.2, 0) is 0 Å². The number of aromatic nitrogens is 4. The number of para-hydroxylation sites is 1. The summed E-state index contributed by atoms with van der Waals surface area (Å²) in [5, 5.41) is 1.09. The minimum atomic E-state index is 0.998. The fourth-order valence-electron chi connectivity index (χ4n) is 1.14. The molecule has 2 aromatic heterocycles. The molecule has 0 fully saturated rings. The Morgan fingerprint density at radius 3 is 2.67 bits per heavy atom. The van der Waals surface area contributed by atoms with Gasteiger partial charge in [0.25, 0.3) is 0 Å². The molecule has 0 aliphatic rings. The first kappa shape index (κ1) is 9.33. The van der Waals surface area contributed by atoms with Crippen LogP contribution in [0, 0.1) is 0 Å². The van der Waals surface area contributed by atoms with Crippen LogP contribution in [0.2, 0.25) is 0 Å². The molecule has 3 aromatic rings. The molecule has 0 amide bonds. The van der Waals surface area contributed by atoms with Crippen LogP contribution >= 0.6 is 0 Å². The maximum Gasteiger partial charge on any atom is 0.116 e. The van der Waals surface area contributed by atoms with Crippen molar-refractivity contribution >= 4 is 10.9 Å². The summed E-state index contributed by atoms with van der Waals surface area (Å²) in [6, 6.07) is 7.91. The van der Waals surface area contributed by atoms with E-state index in [1.807, 2.05) is 30.5 Å². The molecule has 0 atom stereocenters. The van der Waals surface area contributed by atoms with E-state index >= 15 is 0 Å². The van der Waals surface area contributed by atoms with Crippen molar-refractivity contribution in [1.29, 1.82) is 0 Å². The zero-order valence-corrected chi connectivity index (χ0v) is 8.04. The van der Waals surface area contributed by atoms with E-state index in [2.05, 4.69) is 19.9 Å². The smallest absolute Gasteiger partial charge is 0.116 e. The van der Waals surface area contributed by atoms with Gasteiger partial charge in [0.05, 0.1) is 11.8 Å². The summed E-state index contributed by atoms with van der Waals surface area (Å²) in [6.45, 7) is 0. The third-order valence-electron chi connectivity index (χ3n) is 1.82. The highest BCUT2D eigenvalue weighted by Crippen LogP contribution is 2.06. The van der Waals surface area contributed by atoms with Gasteiger partial charge < -0.3 is 4.98 Å². The van der Waals surface area contributed by atoms with E-state index in [4.69, 9.17) is 0 Å². The molecule has 4 heteroatoms. The summed E-state index contributed by atoms with van der Waals surface area (Å²) >= 11 is 0. The summed E-state index contributed by atoms with van der Waals surface area (Å²) in [5.74, 6) is 0. The van der Waals surface area contributed by atoms with Crippen molar-refractivity contribution in [2.45, 2.75) is 0 Å². The predicted octanol–water partition coefficient (Wildman–Crippen LogP) is 2.04. The number of H-pyrrole nitrogens is 1. The molecule has 0 bridgehead atoms. The largest absolute Gasteiger partial charge is 0.351 e. The molecule has 0 aliphatic heterocycles. The molecule has 4 nitrogen and oxygen atoms in total. The summed E-state index contributed by atoms with van der Waals surface area (Å²) in [7, 11) is 0. The molecule has 1 aromatic carbocycles. The first-order valence-corrected chi connectivity index (χ1v) is 4.54. The van der Waals surface area contributed by atoms with E-state index in [1.54, 1.807) is 25.0 Å². The Balaban J connectivity index is 0.000000144. The normalized spacial score (nSPS) is 9.33. The fraction of sp³-hybridized carbons (Fsp3) is 0.